The molecule has 4 rings (SSSR count). The molecular formula is C31H28Cl2N4O3. The van der Waals surface area contributed by atoms with Gasteiger partial charge in [0.05, 0.1) is 11.2 Å². The lowest BCUT2D eigenvalue weighted by atomic mass is 10.1. The number of carbonyl (C=O) groups is 2. The molecule has 0 saturated carbocycles. The Labute approximate surface area is 243 Å². The van der Waals surface area contributed by atoms with Gasteiger partial charge in [0.1, 0.15) is 17.2 Å². The molecule has 1 aromatic heterocycles. The first-order valence-corrected chi connectivity index (χ1v) is 13.4. The van der Waals surface area contributed by atoms with Crippen LogP contribution in [0.2, 0.25) is 10.0 Å². The zero-order chi connectivity index (χ0) is 28.5. The quantitative estimate of drug-likeness (QED) is 0.121. The van der Waals surface area contributed by atoms with Crippen LogP contribution in [-0.4, -0.2) is 31.1 Å². The molecule has 7 nitrogen and oxygen atoms in total. The van der Waals surface area contributed by atoms with Gasteiger partial charge in [0.2, 0.25) is 0 Å². The number of anilines is 1. The van der Waals surface area contributed by atoms with E-state index in [4.69, 9.17) is 27.6 Å². The molecule has 0 aliphatic carbocycles. The molecule has 0 saturated heterocycles. The summed E-state index contributed by atoms with van der Waals surface area (Å²) < 4.78 is 5.78. The van der Waals surface area contributed by atoms with Crippen LogP contribution in [0, 0.1) is 0 Å². The van der Waals surface area contributed by atoms with Crippen molar-refractivity contribution >= 4 is 53.0 Å². The van der Waals surface area contributed by atoms with Crippen LogP contribution in [0.25, 0.3) is 17.4 Å². The third-order valence-electron chi connectivity index (χ3n) is 6.04. The fourth-order valence-electron chi connectivity index (χ4n) is 3.95. The second-order valence-corrected chi connectivity index (χ2v) is 9.51. The van der Waals surface area contributed by atoms with Crippen molar-refractivity contribution in [2.24, 2.45) is 5.10 Å². The third kappa shape index (κ3) is 7.40. The van der Waals surface area contributed by atoms with Crippen LogP contribution in [0.4, 0.5) is 5.69 Å². The molecule has 3 aromatic carbocycles. The largest absolute Gasteiger partial charge is 0.455 e. The van der Waals surface area contributed by atoms with Gasteiger partial charge in [0, 0.05) is 34.9 Å². The van der Waals surface area contributed by atoms with E-state index >= 15 is 0 Å². The maximum Gasteiger partial charge on any atom is 0.287 e. The molecule has 0 unspecified atom stereocenters. The summed E-state index contributed by atoms with van der Waals surface area (Å²) in [6.45, 7) is 5.95. The van der Waals surface area contributed by atoms with Crippen LogP contribution in [0.15, 0.2) is 100 Å². The number of benzene rings is 3. The zero-order valence-electron chi connectivity index (χ0n) is 22.0. The molecule has 0 radical (unpaired) electrons. The molecule has 0 aliphatic heterocycles. The SMILES string of the molecule is CCN(CC)c1ccc(C=C(NC(=O)c2ccccc2)C(=O)NN=Cc2ccc(-c3ccc(Cl)cc3Cl)o2)cc1. The second kappa shape index (κ2) is 13.6. The molecule has 0 atom stereocenters. The Kier molecular flexibility index (Phi) is 9.78. The van der Waals surface area contributed by atoms with Crippen molar-refractivity contribution < 1.29 is 14.0 Å². The van der Waals surface area contributed by atoms with Crippen LogP contribution in [0.5, 0.6) is 0 Å². The maximum atomic E-state index is 13.1. The van der Waals surface area contributed by atoms with Gasteiger partial charge in [-0.15, -0.1) is 0 Å². The lowest BCUT2D eigenvalue weighted by molar-refractivity contribution is -0.117. The number of rotatable bonds is 10. The summed E-state index contributed by atoms with van der Waals surface area (Å²) in [5, 5.41) is 7.69. The van der Waals surface area contributed by atoms with E-state index in [1.807, 2.05) is 30.3 Å². The van der Waals surface area contributed by atoms with Gasteiger partial charge in [-0.25, -0.2) is 5.43 Å². The lowest BCUT2D eigenvalue weighted by Gasteiger charge is -2.20. The molecule has 204 valence electrons. The van der Waals surface area contributed by atoms with Crippen molar-refractivity contribution in [1.29, 1.82) is 0 Å². The maximum absolute atomic E-state index is 13.1. The average Bonchev–Trinajstić information content (AvgIpc) is 3.43. The summed E-state index contributed by atoms with van der Waals surface area (Å²) in [5.41, 5.74) is 5.41. The van der Waals surface area contributed by atoms with Crippen molar-refractivity contribution in [3.05, 3.63) is 118 Å². The van der Waals surface area contributed by atoms with E-state index in [1.54, 1.807) is 60.7 Å². The Morgan fingerprint density at radius 2 is 1.65 bits per heavy atom. The highest BCUT2D eigenvalue weighted by Crippen LogP contribution is 2.31. The van der Waals surface area contributed by atoms with E-state index in [0.29, 0.717) is 32.7 Å². The number of amides is 2. The van der Waals surface area contributed by atoms with E-state index in [0.717, 1.165) is 24.3 Å². The molecular weight excluding hydrogens is 547 g/mol. The third-order valence-corrected chi connectivity index (χ3v) is 6.59. The Bertz CT molecular complexity index is 1530. The number of hydrogen-bond acceptors (Lipinski definition) is 5. The Hall–Kier alpha value is -4.33. The van der Waals surface area contributed by atoms with Gasteiger partial charge in [0.15, 0.2) is 0 Å². The minimum atomic E-state index is -0.596. The lowest BCUT2D eigenvalue weighted by Crippen LogP contribution is -2.32. The van der Waals surface area contributed by atoms with E-state index in [-0.39, 0.29) is 5.70 Å². The molecule has 40 heavy (non-hydrogen) atoms. The molecule has 4 aromatic rings. The van der Waals surface area contributed by atoms with Crippen LogP contribution < -0.4 is 15.6 Å². The Morgan fingerprint density at radius 1 is 0.925 bits per heavy atom. The predicted molar refractivity (Wildman–Crippen MR) is 162 cm³/mol. The van der Waals surface area contributed by atoms with Gasteiger partial charge in [-0.3, -0.25) is 9.59 Å². The molecule has 0 fully saturated rings. The standard InChI is InChI=1S/C31H28Cl2N4O3/c1-3-37(4-2)24-13-10-21(11-14-24)18-28(35-30(38)22-8-6-5-7-9-22)31(39)36-34-20-25-15-17-29(40-25)26-16-12-23(32)19-27(26)33/h5-20H,3-4H2,1-2H3,(H,35,38)(H,36,39). The van der Waals surface area contributed by atoms with Gasteiger partial charge < -0.3 is 14.6 Å². The first-order valence-electron chi connectivity index (χ1n) is 12.7. The summed E-state index contributed by atoms with van der Waals surface area (Å²) in [6, 6.07) is 24.9. The Balaban J connectivity index is 1.52. The normalized spacial score (nSPS) is 11.4. The number of carbonyl (C=O) groups excluding carboxylic acids is 2. The van der Waals surface area contributed by atoms with Gasteiger partial charge in [-0.1, -0.05) is 53.5 Å². The molecule has 0 bridgehead atoms. The summed E-state index contributed by atoms with van der Waals surface area (Å²) in [6.07, 6.45) is 2.96. The minimum absolute atomic E-state index is 0.0367. The van der Waals surface area contributed by atoms with Gasteiger partial charge in [-0.2, -0.15) is 5.10 Å². The van der Waals surface area contributed by atoms with Crippen molar-refractivity contribution in [3.8, 4) is 11.3 Å². The second-order valence-electron chi connectivity index (χ2n) is 8.67. The van der Waals surface area contributed by atoms with Crippen molar-refractivity contribution in [1.82, 2.24) is 10.7 Å². The number of furan rings is 1. The topological polar surface area (TPSA) is 86.9 Å². The summed E-state index contributed by atoms with van der Waals surface area (Å²) in [7, 11) is 0. The highest BCUT2D eigenvalue weighted by Gasteiger charge is 2.15. The zero-order valence-corrected chi connectivity index (χ0v) is 23.5. The smallest absolute Gasteiger partial charge is 0.287 e. The summed E-state index contributed by atoms with van der Waals surface area (Å²) >= 11 is 12.2. The van der Waals surface area contributed by atoms with E-state index < -0.39 is 11.8 Å². The van der Waals surface area contributed by atoms with Gasteiger partial charge >= 0.3 is 0 Å². The number of hydrogen-bond donors (Lipinski definition) is 2. The molecule has 2 N–H and O–H groups in total. The van der Waals surface area contributed by atoms with Crippen LogP contribution in [0.1, 0.15) is 35.5 Å². The van der Waals surface area contributed by atoms with Crippen molar-refractivity contribution in [3.63, 3.8) is 0 Å². The van der Waals surface area contributed by atoms with Crippen LogP contribution in [-0.2, 0) is 4.79 Å². The van der Waals surface area contributed by atoms with E-state index in [1.165, 1.54) is 6.21 Å². The molecule has 0 spiro atoms. The minimum Gasteiger partial charge on any atom is -0.455 e. The Morgan fingerprint density at radius 3 is 2.33 bits per heavy atom. The highest BCUT2D eigenvalue weighted by atomic mass is 35.5. The van der Waals surface area contributed by atoms with Crippen LogP contribution >= 0.6 is 23.2 Å². The van der Waals surface area contributed by atoms with Crippen LogP contribution in [0.3, 0.4) is 0 Å². The summed E-state index contributed by atoms with van der Waals surface area (Å²) in [4.78, 5) is 28.2. The number of nitrogens with zero attached hydrogens (tertiary/aromatic N) is 2. The monoisotopic (exact) mass is 574 g/mol. The first-order chi connectivity index (χ1) is 19.4. The first kappa shape index (κ1) is 28.7. The fourth-order valence-corrected chi connectivity index (χ4v) is 4.45. The number of halogens is 2. The molecule has 1 heterocycles. The summed E-state index contributed by atoms with van der Waals surface area (Å²) in [5.74, 6) is -0.0902. The number of nitrogens with one attached hydrogen (secondary N) is 2. The number of hydrazone groups is 1. The highest BCUT2D eigenvalue weighted by molar-refractivity contribution is 6.36. The molecule has 9 heteroatoms. The van der Waals surface area contributed by atoms with Crippen molar-refractivity contribution in [2.45, 2.75) is 13.8 Å². The van der Waals surface area contributed by atoms with E-state index in [2.05, 4.69) is 34.6 Å². The predicted octanol–water partition coefficient (Wildman–Crippen LogP) is 7.02. The van der Waals surface area contributed by atoms with Gasteiger partial charge in [0.25, 0.3) is 11.8 Å². The average molecular weight is 575 g/mol. The van der Waals surface area contributed by atoms with E-state index in [9.17, 15) is 9.59 Å². The fraction of sp³-hybridized carbons (Fsp3) is 0.129. The molecule has 0 aliphatic rings. The van der Waals surface area contributed by atoms with Gasteiger partial charge in [-0.05, 0) is 80.1 Å². The van der Waals surface area contributed by atoms with Crippen molar-refractivity contribution in [2.75, 3.05) is 18.0 Å². The molecule has 2 amide bonds.